The molecule has 0 atom stereocenters. The molecule has 1 aliphatic carbocycles. The van der Waals surface area contributed by atoms with Crippen molar-refractivity contribution >= 4 is 34.2 Å². The summed E-state index contributed by atoms with van der Waals surface area (Å²) in [5, 5.41) is 3.16. The first-order valence-electron chi connectivity index (χ1n) is 8.45. The summed E-state index contributed by atoms with van der Waals surface area (Å²) in [6, 6.07) is 8.39. The van der Waals surface area contributed by atoms with Gasteiger partial charge in [0.25, 0.3) is 0 Å². The standard InChI is InChI=1S/C18H25BrN2O2.ClH/c19-15-5-3-4-14(12-15)17(8-10-23-11-9-17)13-21-16(22)18(20)6-1-2-7-18;/h3-5,12H,1-2,6-11,13,20H2,(H,21,22);1H. The van der Waals surface area contributed by atoms with Gasteiger partial charge in [-0.05, 0) is 43.4 Å². The summed E-state index contributed by atoms with van der Waals surface area (Å²) in [7, 11) is 0. The third kappa shape index (κ3) is 4.13. The summed E-state index contributed by atoms with van der Waals surface area (Å²) in [6.07, 6.45) is 5.53. The highest BCUT2D eigenvalue weighted by Gasteiger charge is 2.40. The topological polar surface area (TPSA) is 64.4 Å². The number of carbonyl (C=O) groups excluding carboxylic acids is 1. The van der Waals surface area contributed by atoms with Crippen molar-refractivity contribution in [2.45, 2.75) is 49.5 Å². The maximum absolute atomic E-state index is 12.6. The van der Waals surface area contributed by atoms with Gasteiger partial charge in [-0.15, -0.1) is 12.4 Å². The lowest BCUT2D eigenvalue weighted by Crippen LogP contribution is -2.55. The Morgan fingerprint density at radius 3 is 2.50 bits per heavy atom. The van der Waals surface area contributed by atoms with E-state index in [2.05, 4.69) is 39.4 Å². The first-order chi connectivity index (χ1) is 11.0. The molecule has 24 heavy (non-hydrogen) atoms. The van der Waals surface area contributed by atoms with Crippen molar-refractivity contribution in [1.29, 1.82) is 0 Å². The van der Waals surface area contributed by atoms with Crippen LogP contribution in [0.3, 0.4) is 0 Å². The van der Waals surface area contributed by atoms with Crippen molar-refractivity contribution in [3.05, 3.63) is 34.3 Å². The zero-order valence-electron chi connectivity index (χ0n) is 13.9. The summed E-state index contributed by atoms with van der Waals surface area (Å²) >= 11 is 3.56. The number of hydrogen-bond acceptors (Lipinski definition) is 3. The minimum Gasteiger partial charge on any atom is -0.381 e. The molecule has 0 unspecified atom stereocenters. The fraction of sp³-hybridized carbons (Fsp3) is 0.611. The van der Waals surface area contributed by atoms with Gasteiger partial charge in [0.1, 0.15) is 0 Å². The monoisotopic (exact) mass is 416 g/mol. The van der Waals surface area contributed by atoms with E-state index in [0.717, 1.165) is 56.2 Å². The normalized spacial score (nSPS) is 21.8. The summed E-state index contributed by atoms with van der Waals surface area (Å²) in [5.74, 6) is 0.0101. The van der Waals surface area contributed by atoms with E-state index in [0.29, 0.717) is 6.54 Å². The molecule has 3 N–H and O–H groups in total. The minimum absolute atomic E-state index is 0. The van der Waals surface area contributed by atoms with Crippen LogP contribution >= 0.6 is 28.3 Å². The minimum atomic E-state index is -0.663. The Morgan fingerprint density at radius 2 is 1.88 bits per heavy atom. The molecule has 3 rings (SSSR count). The maximum Gasteiger partial charge on any atom is 0.240 e. The molecule has 1 aromatic carbocycles. The second kappa shape index (κ2) is 8.17. The van der Waals surface area contributed by atoms with Gasteiger partial charge in [-0.2, -0.15) is 0 Å². The Labute approximate surface area is 158 Å². The molecule has 1 aromatic rings. The maximum atomic E-state index is 12.6. The molecule has 1 aliphatic heterocycles. The summed E-state index contributed by atoms with van der Waals surface area (Å²) in [5.41, 5.74) is 6.81. The molecule has 0 aromatic heterocycles. The van der Waals surface area contributed by atoms with Crippen LogP contribution < -0.4 is 11.1 Å². The van der Waals surface area contributed by atoms with E-state index in [1.165, 1.54) is 5.56 Å². The van der Waals surface area contributed by atoms with Crippen LogP contribution in [0.2, 0.25) is 0 Å². The van der Waals surface area contributed by atoms with Crippen LogP contribution in [0.5, 0.6) is 0 Å². The molecule has 134 valence electrons. The van der Waals surface area contributed by atoms with E-state index in [-0.39, 0.29) is 23.7 Å². The highest BCUT2D eigenvalue weighted by atomic mass is 79.9. The third-order valence-corrected chi connectivity index (χ3v) is 5.92. The Kier molecular flexibility index (Phi) is 6.71. The number of nitrogens with one attached hydrogen (secondary N) is 1. The largest absolute Gasteiger partial charge is 0.381 e. The molecule has 1 amide bonds. The Morgan fingerprint density at radius 1 is 1.21 bits per heavy atom. The summed E-state index contributed by atoms with van der Waals surface area (Å²) < 4.78 is 6.62. The van der Waals surface area contributed by atoms with Gasteiger partial charge in [-0.1, -0.05) is 40.9 Å². The number of hydrogen-bond donors (Lipinski definition) is 2. The van der Waals surface area contributed by atoms with Crippen molar-refractivity contribution < 1.29 is 9.53 Å². The molecule has 2 fully saturated rings. The van der Waals surface area contributed by atoms with Crippen LogP contribution in [-0.4, -0.2) is 31.2 Å². The van der Waals surface area contributed by atoms with Gasteiger partial charge in [-0.3, -0.25) is 4.79 Å². The fourth-order valence-corrected chi connectivity index (χ4v) is 4.21. The SMILES string of the molecule is Cl.NC1(C(=O)NCC2(c3cccc(Br)c3)CCOCC2)CCCC1. The molecule has 4 nitrogen and oxygen atoms in total. The zero-order chi connectivity index (χ0) is 16.3. The zero-order valence-corrected chi connectivity index (χ0v) is 16.3. The second-order valence-electron chi connectivity index (χ2n) is 6.95. The Bertz CT molecular complexity index is 570. The molecule has 0 radical (unpaired) electrons. The van der Waals surface area contributed by atoms with Gasteiger partial charge in [0.05, 0.1) is 5.54 Å². The third-order valence-electron chi connectivity index (χ3n) is 5.42. The smallest absolute Gasteiger partial charge is 0.240 e. The van der Waals surface area contributed by atoms with Crippen LogP contribution in [0.4, 0.5) is 0 Å². The Hall–Kier alpha value is -0.620. The molecule has 6 heteroatoms. The van der Waals surface area contributed by atoms with Crippen molar-refractivity contribution in [2.24, 2.45) is 5.73 Å². The highest BCUT2D eigenvalue weighted by molar-refractivity contribution is 9.10. The summed E-state index contributed by atoms with van der Waals surface area (Å²) in [6.45, 7) is 2.09. The number of nitrogens with two attached hydrogens (primary N) is 1. The predicted molar refractivity (Wildman–Crippen MR) is 102 cm³/mol. The van der Waals surface area contributed by atoms with Gasteiger partial charge in [0.2, 0.25) is 5.91 Å². The molecule has 1 heterocycles. The van der Waals surface area contributed by atoms with Crippen molar-refractivity contribution in [2.75, 3.05) is 19.8 Å². The first kappa shape index (κ1) is 19.7. The van der Waals surface area contributed by atoms with Crippen LogP contribution in [0, 0.1) is 0 Å². The summed E-state index contributed by atoms with van der Waals surface area (Å²) in [4.78, 5) is 12.6. The second-order valence-corrected chi connectivity index (χ2v) is 7.86. The quantitative estimate of drug-likeness (QED) is 0.790. The van der Waals surface area contributed by atoms with E-state index in [1.807, 2.05) is 6.07 Å². The number of ether oxygens (including phenoxy) is 1. The predicted octanol–water partition coefficient (Wildman–Crippen LogP) is 3.31. The molecular weight excluding hydrogens is 392 g/mol. The van der Waals surface area contributed by atoms with E-state index < -0.39 is 5.54 Å². The van der Waals surface area contributed by atoms with Gasteiger partial charge < -0.3 is 15.8 Å². The lowest BCUT2D eigenvalue weighted by molar-refractivity contribution is -0.126. The average molecular weight is 418 g/mol. The van der Waals surface area contributed by atoms with Crippen LogP contribution in [0.15, 0.2) is 28.7 Å². The van der Waals surface area contributed by atoms with Crippen molar-refractivity contribution in [3.63, 3.8) is 0 Å². The average Bonchev–Trinajstić information content (AvgIpc) is 3.01. The van der Waals surface area contributed by atoms with Crippen molar-refractivity contribution in [3.8, 4) is 0 Å². The molecule has 1 saturated carbocycles. The van der Waals surface area contributed by atoms with Crippen LogP contribution in [0.25, 0.3) is 0 Å². The lowest BCUT2D eigenvalue weighted by atomic mass is 9.74. The fourth-order valence-electron chi connectivity index (χ4n) is 3.81. The molecule has 0 bridgehead atoms. The molecule has 2 aliphatic rings. The van der Waals surface area contributed by atoms with Crippen molar-refractivity contribution in [1.82, 2.24) is 5.32 Å². The molecule has 1 saturated heterocycles. The van der Waals surface area contributed by atoms with Gasteiger partial charge >= 0.3 is 0 Å². The van der Waals surface area contributed by atoms with Gasteiger partial charge in [-0.25, -0.2) is 0 Å². The van der Waals surface area contributed by atoms with Crippen LogP contribution in [0.1, 0.15) is 44.1 Å². The van der Waals surface area contributed by atoms with E-state index in [1.54, 1.807) is 0 Å². The molecule has 0 spiro atoms. The highest BCUT2D eigenvalue weighted by Crippen LogP contribution is 2.36. The van der Waals surface area contributed by atoms with Gasteiger partial charge in [0.15, 0.2) is 0 Å². The van der Waals surface area contributed by atoms with Gasteiger partial charge in [0, 0.05) is 29.6 Å². The number of rotatable bonds is 4. The Balaban J connectivity index is 0.00000208. The van der Waals surface area contributed by atoms with E-state index in [4.69, 9.17) is 10.5 Å². The van der Waals surface area contributed by atoms with E-state index >= 15 is 0 Å². The van der Waals surface area contributed by atoms with Crippen LogP contribution in [-0.2, 0) is 14.9 Å². The number of carbonyl (C=O) groups is 1. The number of amides is 1. The number of benzene rings is 1. The number of halogens is 2. The van der Waals surface area contributed by atoms with E-state index in [9.17, 15) is 4.79 Å². The lowest BCUT2D eigenvalue weighted by Gasteiger charge is -2.39. The molecular formula is C18H26BrClN2O2. The first-order valence-corrected chi connectivity index (χ1v) is 9.24.